The van der Waals surface area contributed by atoms with Crippen molar-refractivity contribution in [3.8, 4) is 0 Å². The van der Waals surface area contributed by atoms with Crippen molar-refractivity contribution in [1.82, 2.24) is 14.7 Å². The number of aromatic amines is 2. The van der Waals surface area contributed by atoms with E-state index in [4.69, 9.17) is 4.74 Å². The average molecular weight is 446 g/mol. The number of aromatic nitrogens is 2. The van der Waals surface area contributed by atoms with Crippen LogP contribution in [0.3, 0.4) is 0 Å². The van der Waals surface area contributed by atoms with E-state index in [1.807, 2.05) is 24.3 Å². The molecule has 3 N–H and O–H groups in total. The fourth-order valence-corrected chi connectivity index (χ4v) is 5.22. The molecule has 1 atom stereocenters. The third-order valence-electron chi connectivity index (χ3n) is 4.67. The molecule has 0 aliphatic rings. The smallest absolute Gasteiger partial charge is 0.324 e. The zero-order valence-electron chi connectivity index (χ0n) is 16.0. The number of carbonyl (C=O) groups is 1. The Labute approximate surface area is 175 Å². The number of H-pyrrole nitrogens is 2. The molecule has 2 aromatic heterocycles. The fraction of sp³-hybridized carbons (Fsp3) is 0.200. The lowest BCUT2D eigenvalue weighted by atomic mass is 10.1. The van der Waals surface area contributed by atoms with Gasteiger partial charge >= 0.3 is 10.8 Å². The molecule has 2 heterocycles. The van der Waals surface area contributed by atoms with Gasteiger partial charge in [-0.25, -0.2) is 8.42 Å². The van der Waals surface area contributed by atoms with Crippen LogP contribution in [0.2, 0.25) is 0 Å². The second-order valence-electron chi connectivity index (χ2n) is 6.66. The Morgan fingerprint density at radius 1 is 1.20 bits per heavy atom. The Morgan fingerprint density at radius 3 is 2.80 bits per heavy atom. The molecule has 4 aromatic rings. The monoisotopic (exact) mass is 445 g/mol. The number of ether oxygens (including phenoxy) is 1. The number of para-hydroxylation sites is 1. The average Bonchev–Trinajstić information content (AvgIpc) is 3.29. The van der Waals surface area contributed by atoms with Crippen LogP contribution in [0.15, 0.2) is 58.4 Å². The molecule has 30 heavy (non-hydrogen) atoms. The first-order valence-corrected chi connectivity index (χ1v) is 11.5. The zero-order valence-corrected chi connectivity index (χ0v) is 17.6. The number of nitrogens with one attached hydrogen (secondary N) is 3. The fourth-order valence-electron chi connectivity index (χ4n) is 3.29. The van der Waals surface area contributed by atoms with Gasteiger partial charge < -0.3 is 14.7 Å². The number of sulfonamides is 1. The van der Waals surface area contributed by atoms with Crippen LogP contribution >= 0.6 is 11.3 Å². The van der Waals surface area contributed by atoms with E-state index in [9.17, 15) is 18.0 Å². The standard InChI is InChI=1S/C20H19N3O5S2/c1-2-28-19(24)17(9-12-11-21-15-6-4-3-5-14(12)15)23-30(26,27)13-7-8-18-16(10-13)22-20(25)29-18/h3-8,10-11,17,21,23H,2,9H2,1H3,(H,22,25)/t17-/m1/s1. The lowest BCUT2D eigenvalue weighted by Crippen LogP contribution is -2.43. The molecule has 0 radical (unpaired) electrons. The Bertz CT molecular complexity index is 1380. The van der Waals surface area contributed by atoms with Gasteiger partial charge in [0.25, 0.3) is 0 Å². The minimum atomic E-state index is -4.04. The number of esters is 1. The third-order valence-corrected chi connectivity index (χ3v) is 7.00. The van der Waals surface area contributed by atoms with E-state index in [1.165, 1.54) is 12.1 Å². The van der Waals surface area contributed by atoms with Crippen molar-refractivity contribution in [2.45, 2.75) is 24.3 Å². The summed E-state index contributed by atoms with van der Waals surface area (Å²) in [5.74, 6) is -0.656. The maximum Gasteiger partial charge on any atom is 0.324 e. The highest BCUT2D eigenvalue weighted by Crippen LogP contribution is 2.22. The van der Waals surface area contributed by atoms with E-state index in [2.05, 4.69) is 14.7 Å². The van der Waals surface area contributed by atoms with Crippen molar-refractivity contribution >= 4 is 48.4 Å². The molecule has 0 fully saturated rings. The van der Waals surface area contributed by atoms with Crippen LogP contribution in [0.5, 0.6) is 0 Å². The Hall–Kier alpha value is -2.95. The highest BCUT2D eigenvalue weighted by atomic mass is 32.2. The summed E-state index contributed by atoms with van der Waals surface area (Å²) in [7, 11) is -4.04. The molecule has 156 valence electrons. The largest absolute Gasteiger partial charge is 0.465 e. The van der Waals surface area contributed by atoms with Crippen LogP contribution in [-0.4, -0.2) is 37.0 Å². The lowest BCUT2D eigenvalue weighted by molar-refractivity contribution is -0.145. The summed E-state index contributed by atoms with van der Waals surface area (Å²) >= 11 is 0.997. The summed E-state index contributed by atoms with van der Waals surface area (Å²) in [6, 6.07) is 10.8. The SMILES string of the molecule is CCOC(=O)[C@@H](Cc1c[nH]c2ccccc12)NS(=O)(=O)c1ccc2sc(=O)[nH]c2c1. The number of benzene rings is 2. The van der Waals surface area contributed by atoms with Gasteiger partial charge in [-0.05, 0) is 36.8 Å². The molecule has 0 spiro atoms. The molecule has 0 aliphatic heterocycles. The van der Waals surface area contributed by atoms with E-state index in [1.54, 1.807) is 19.2 Å². The second kappa shape index (κ2) is 8.05. The number of carbonyl (C=O) groups excluding carboxylic acids is 1. The van der Waals surface area contributed by atoms with Gasteiger partial charge in [-0.2, -0.15) is 4.72 Å². The first kappa shape index (κ1) is 20.3. The van der Waals surface area contributed by atoms with Crippen LogP contribution < -0.4 is 9.60 Å². The summed E-state index contributed by atoms with van der Waals surface area (Å²) in [6.07, 6.45) is 1.88. The van der Waals surface area contributed by atoms with Crippen molar-refractivity contribution in [3.05, 3.63) is 63.9 Å². The van der Waals surface area contributed by atoms with Gasteiger partial charge in [0, 0.05) is 23.5 Å². The molecule has 0 aliphatic carbocycles. The Balaban J connectivity index is 1.66. The third kappa shape index (κ3) is 4.02. The molecular formula is C20H19N3O5S2. The lowest BCUT2D eigenvalue weighted by Gasteiger charge is -2.17. The van der Waals surface area contributed by atoms with Gasteiger partial charge in [0.2, 0.25) is 10.0 Å². The normalized spacial score (nSPS) is 13.0. The second-order valence-corrected chi connectivity index (χ2v) is 9.39. The first-order chi connectivity index (χ1) is 14.4. The van der Waals surface area contributed by atoms with E-state index < -0.39 is 22.0 Å². The van der Waals surface area contributed by atoms with Crippen LogP contribution in [-0.2, 0) is 26.0 Å². The first-order valence-electron chi connectivity index (χ1n) is 9.24. The van der Waals surface area contributed by atoms with Crippen molar-refractivity contribution in [3.63, 3.8) is 0 Å². The maximum absolute atomic E-state index is 13.0. The van der Waals surface area contributed by atoms with Crippen LogP contribution in [0.4, 0.5) is 0 Å². The van der Waals surface area contributed by atoms with Gasteiger partial charge in [-0.1, -0.05) is 29.5 Å². The molecule has 0 amide bonds. The molecule has 0 unspecified atom stereocenters. The molecule has 0 saturated heterocycles. The van der Waals surface area contributed by atoms with Gasteiger partial charge in [0.15, 0.2) is 0 Å². The Morgan fingerprint density at radius 2 is 2.00 bits per heavy atom. The van der Waals surface area contributed by atoms with Crippen molar-refractivity contribution < 1.29 is 17.9 Å². The number of fused-ring (bicyclic) bond motifs is 2. The van der Waals surface area contributed by atoms with Gasteiger partial charge in [-0.15, -0.1) is 0 Å². The van der Waals surface area contributed by atoms with Crippen LogP contribution in [0, 0.1) is 0 Å². The van der Waals surface area contributed by atoms with Crippen LogP contribution in [0.1, 0.15) is 12.5 Å². The van der Waals surface area contributed by atoms with Crippen LogP contribution in [0.25, 0.3) is 21.1 Å². The molecular weight excluding hydrogens is 426 g/mol. The van der Waals surface area contributed by atoms with Crippen molar-refractivity contribution in [1.29, 1.82) is 0 Å². The molecule has 0 saturated carbocycles. The molecule has 8 nitrogen and oxygen atoms in total. The van der Waals surface area contributed by atoms with E-state index in [0.717, 1.165) is 27.8 Å². The molecule has 4 rings (SSSR count). The predicted octanol–water partition coefficient (Wildman–Crippen LogP) is 2.52. The summed E-state index contributed by atoms with van der Waals surface area (Å²) in [6.45, 7) is 1.79. The number of hydrogen-bond acceptors (Lipinski definition) is 6. The maximum atomic E-state index is 13.0. The zero-order chi connectivity index (χ0) is 21.3. The van der Waals surface area contributed by atoms with Crippen molar-refractivity contribution in [2.24, 2.45) is 0 Å². The summed E-state index contributed by atoms with van der Waals surface area (Å²) in [5, 5.41) is 0.906. The highest BCUT2D eigenvalue weighted by molar-refractivity contribution is 7.89. The summed E-state index contributed by atoms with van der Waals surface area (Å²) in [5.41, 5.74) is 2.12. The van der Waals surface area contributed by atoms with Gasteiger partial charge in [0.1, 0.15) is 6.04 Å². The molecule has 2 aromatic carbocycles. The van der Waals surface area contributed by atoms with E-state index in [0.29, 0.717) is 10.2 Å². The highest BCUT2D eigenvalue weighted by Gasteiger charge is 2.28. The van der Waals surface area contributed by atoms with Gasteiger partial charge in [-0.3, -0.25) is 9.59 Å². The van der Waals surface area contributed by atoms with E-state index >= 15 is 0 Å². The van der Waals surface area contributed by atoms with Crippen molar-refractivity contribution in [2.75, 3.05) is 6.61 Å². The number of hydrogen-bond donors (Lipinski definition) is 3. The molecule has 10 heteroatoms. The molecule has 0 bridgehead atoms. The Kier molecular flexibility index (Phi) is 5.46. The minimum absolute atomic E-state index is 0.0442. The van der Waals surface area contributed by atoms with E-state index in [-0.39, 0.29) is 22.8 Å². The topological polar surface area (TPSA) is 121 Å². The van der Waals surface area contributed by atoms with Gasteiger partial charge in [0.05, 0.1) is 21.7 Å². The summed E-state index contributed by atoms with van der Waals surface area (Å²) in [4.78, 5) is 29.4. The number of rotatable bonds is 7. The predicted molar refractivity (Wildman–Crippen MR) is 115 cm³/mol. The number of thiazole rings is 1. The minimum Gasteiger partial charge on any atom is -0.465 e. The quantitative estimate of drug-likeness (QED) is 0.378. The summed E-state index contributed by atoms with van der Waals surface area (Å²) < 4.78 is 34.2.